The standard InChI is InChI=1S/C15H15BrN2O4/c1-3-5-18-14(20)11(17-15(18)21)6-9-7-13(22-4-2)12(19)8-10(9)16/h3,6-8,19H,1,4-5H2,2H3,(H,17,21)/b11-6+. The molecule has 22 heavy (non-hydrogen) atoms. The van der Waals surface area contributed by atoms with E-state index >= 15 is 0 Å². The number of urea groups is 1. The summed E-state index contributed by atoms with van der Waals surface area (Å²) in [6, 6.07) is 2.57. The first kappa shape index (κ1) is 16.1. The van der Waals surface area contributed by atoms with Crippen LogP contribution in [0.1, 0.15) is 12.5 Å². The molecule has 0 bridgehead atoms. The van der Waals surface area contributed by atoms with Crippen molar-refractivity contribution in [2.24, 2.45) is 0 Å². The molecule has 2 N–H and O–H groups in total. The van der Waals surface area contributed by atoms with Crippen molar-refractivity contribution in [2.75, 3.05) is 13.2 Å². The molecule has 0 unspecified atom stereocenters. The van der Waals surface area contributed by atoms with E-state index in [1.165, 1.54) is 18.2 Å². The monoisotopic (exact) mass is 366 g/mol. The second-order valence-electron chi connectivity index (χ2n) is 4.47. The Morgan fingerprint density at radius 3 is 2.82 bits per heavy atom. The summed E-state index contributed by atoms with van der Waals surface area (Å²) in [4.78, 5) is 24.9. The Hall–Kier alpha value is -2.28. The van der Waals surface area contributed by atoms with Crippen LogP contribution in [0.2, 0.25) is 0 Å². The number of amides is 3. The summed E-state index contributed by atoms with van der Waals surface area (Å²) in [6.07, 6.45) is 3.00. The molecule has 1 saturated heterocycles. The molecular formula is C15H15BrN2O4. The number of carbonyl (C=O) groups is 2. The highest BCUT2D eigenvalue weighted by Crippen LogP contribution is 2.34. The third kappa shape index (κ3) is 3.14. The lowest BCUT2D eigenvalue weighted by atomic mass is 10.1. The van der Waals surface area contributed by atoms with Crippen molar-refractivity contribution >= 4 is 33.9 Å². The molecule has 0 atom stereocenters. The number of ether oxygens (including phenoxy) is 1. The summed E-state index contributed by atoms with van der Waals surface area (Å²) in [5.74, 6) is -0.133. The maximum Gasteiger partial charge on any atom is 0.329 e. The first-order valence-electron chi connectivity index (χ1n) is 6.58. The van der Waals surface area contributed by atoms with Crippen molar-refractivity contribution in [3.8, 4) is 11.5 Å². The number of benzene rings is 1. The van der Waals surface area contributed by atoms with E-state index in [1.807, 2.05) is 0 Å². The lowest BCUT2D eigenvalue weighted by molar-refractivity contribution is -0.122. The summed E-state index contributed by atoms with van der Waals surface area (Å²) in [6.45, 7) is 5.85. The average molecular weight is 367 g/mol. The Labute approximate surface area is 136 Å². The van der Waals surface area contributed by atoms with E-state index in [4.69, 9.17) is 4.74 Å². The van der Waals surface area contributed by atoms with Gasteiger partial charge in [0.25, 0.3) is 5.91 Å². The maximum absolute atomic E-state index is 12.1. The van der Waals surface area contributed by atoms with Gasteiger partial charge in [0.05, 0.1) is 6.61 Å². The molecule has 2 rings (SSSR count). The third-order valence-electron chi connectivity index (χ3n) is 2.95. The highest BCUT2D eigenvalue weighted by atomic mass is 79.9. The number of aromatic hydroxyl groups is 1. The Bertz CT molecular complexity index is 670. The number of phenols is 1. The fourth-order valence-electron chi connectivity index (χ4n) is 1.96. The summed E-state index contributed by atoms with van der Waals surface area (Å²) < 4.78 is 5.88. The van der Waals surface area contributed by atoms with Crippen LogP contribution in [0.5, 0.6) is 11.5 Å². The van der Waals surface area contributed by atoms with E-state index in [2.05, 4.69) is 27.8 Å². The van der Waals surface area contributed by atoms with Gasteiger partial charge in [-0.05, 0) is 30.7 Å². The molecule has 3 amide bonds. The Morgan fingerprint density at radius 2 is 2.18 bits per heavy atom. The zero-order chi connectivity index (χ0) is 16.3. The number of imide groups is 1. The number of hydrogen-bond donors (Lipinski definition) is 2. The maximum atomic E-state index is 12.1. The van der Waals surface area contributed by atoms with Crippen molar-refractivity contribution in [1.29, 1.82) is 0 Å². The van der Waals surface area contributed by atoms with Crippen LogP contribution in [0.25, 0.3) is 6.08 Å². The van der Waals surface area contributed by atoms with Crippen molar-refractivity contribution < 1.29 is 19.4 Å². The highest BCUT2D eigenvalue weighted by molar-refractivity contribution is 9.10. The van der Waals surface area contributed by atoms with E-state index in [1.54, 1.807) is 13.0 Å². The quantitative estimate of drug-likeness (QED) is 0.477. The highest BCUT2D eigenvalue weighted by Gasteiger charge is 2.32. The number of carbonyl (C=O) groups excluding carboxylic acids is 2. The molecule has 0 aliphatic carbocycles. The molecule has 1 aliphatic rings. The lowest BCUT2D eigenvalue weighted by Crippen LogP contribution is -2.30. The van der Waals surface area contributed by atoms with Crippen molar-refractivity contribution in [3.05, 3.63) is 40.5 Å². The van der Waals surface area contributed by atoms with E-state index < -0.39 is 11.9 Å². The van der Waals surface area contributed by atoms with Crippen LogP contribution in [-0.4, -0.2) is 35.1 Å². The lowest BCUT2D eigenvalue weighted by Gasteiger charge is -2.09. The SMILES string of the molecule is C=CCN1C(=O)N/C(=C/c2cc(OCC)c(O)cc2Br)C1=O. The van der Waals surface area contributed by atoms with Crippen LogP contribution in [0.15, 0.2) is 35.0 Å². The van der Waals surface area contributed by atoms with Gasteiger partial charge in [-0.1, -0.05) is 22.0 Å². The minimum absolute atomic E-state index is 0.00839. The molecule has 0 spiro atoms. The summed E-state index contributed by atoms with van der Waals surface area (Å²) in [5, 5.41) is 12.3. The zero-order valence-corrected chi connectivity index (χ0v) is 13.5. The molecular weight excluding hydrogens is 352 g/mol. The Balaban J connectivity index is 2.37. The van der Waals surface area contributed by atoms with E-state index in [0.717, 1.165) is 4.90 Å². The fraction of sp³-hybridized carbons (Fsp3) is 0.200. The first-order valence-corrected chi connectivity index (χ1v) is 7.38. The van der Waals surface area contributed by atoms with E-state index in [0.29, 0.717) is 22.4 Å². The van der Waals surface area contributed by atoms with Gasteiger partial charge in [0.15, 0.2) is 11.5 Å². The van der Waals surface area contributed by atoms with Gasteiger partial charge in [0, 0.05) is 11.0 Å². The van der Waals surface area contributed by atoms with Gasteiger partial charge in [-0.15, -0.1) is 6.58 Å². The molecule has 1 aliphatic heterocycles. The van der Waals surface area contributed by atoms with Gasteiger partial charge in [0.2, 0.25) is 0 Å². The number of nitrogens with one attached hydrogen (secondary N) is 1. The second kappa shape index (κ2) is 6.65. The summed E-state index contributed by atoms with van der Waals surface area (Å²) >= 11 is 3.31. The predicted octanol–water partition coefficient (Wildman–Crippen LogP) is 2.63. The average Bonchev–Trinajstić information content (AvgIpc) is 2.72. The molecule has 7 heteroatoms. The topological polar surface area (TPSA) is 78.9 Å². The smallest absolute Gasteiger partial charge is 0.329 e. The van der Waals surface area contributed by atoms with Crippen LogP contribution in [-0.2, 0) is 4.79 Å². The van der Waals surface area contributed by atoms with Crippen LogP contribution in [0.3, 0.4) is 0 Å². The van der Waals surface area contributed by atoms with Crippen molar-refractivity contribution in [1.82, 2.24) is 10.2 Å². The Morgan fingerprint density at radius 1 is 1.45 bits per heavy atom. The molecule has 1 heterocycles. The van der Waals surface area contributed by atoms with Crippen LogP contribution < -0.4 is 10.1 Å². The number of hydrogen-bond acceptors (Lipinski definition) is 4. The fourth-order valence-corrected chi connectivity index (χ4v) is 2.41. The van der Waals surface area contributed by atoms with Crippen LogP contribution in [0, 0.1) is 0 Å². The van der Waals surface area contributed by atoms with Gasteiger partial charge in [-0.3, -0.25) is 9.69 Å². The van der Waals surface area contributed by atoms with Gasteiger partial charge >= 0.3 is 6.03 Å². The molecule has 0 aromatic heterocycles. The molecule has 116 valence electrons. The second-order valence-corrected chi connectivity index (χ2v) is 5.32. The molecule has 0 radical (unpaired) electrons. The molecule has 1 aromatic carbocycles. The predicted molar refractivity (Wildman–Crippen MR) is 85.4 cm³/mol. The molecule has 6 nitrogen and oxygen atoms in total. The van der Waals surface area contributed by atoms with Gasteiger partial charge in [0.1, 0.15) is 5.70 Å². The number of phenolic OH excluding ortho intramolecular Hbond substituents is 1. The van der Waals surface area contributed by atoms with Gasteiger partial charge in [-0.2, -0.15) is 0 Å². The molecule has 1 fully saturated rings. The van der Waals surface area contributed by atoms with E-state index in [9.17, 15) is 14.7 Å². The number of halogens is 1. The van der Waals surface area contributed by atoms with Crippen molar-refractivity contribution in [2.45, 2.75) is 6.92 Å². The Kier molecular flexibility index (Phi) is 4.87. The largest absolute Gasteiger partial charge is 0.504 e. The minimum Gasteiger partial charge on any atom is -0.504 e. The first-order chi connectivity index (χ1) is 10.5. The summed E-state index contributed by atoms with van der Waals surface area (Å²) in [5.41, 5.74) is 0.756. The third-order valence-corrected chi connectivity index (χ3v) is 3.64. The normalized spacial score (nSPS) is 16.1. The van der Waals surface area contributed by atoms with Crippen molar-refractivity contribution in [3.63, 3.8) is 0 Å². The number of rotatable bonds is 5. The number of nitrogens with zero attached hydrogens (tertiary/aromatic N) is 1. The van der Waals surface area contributed by atoms with E-state index in [-0.39, 0.29) is 18.0 Å². The zero-order valence-electron chi connectivity index (χ0n) is 11.9. The minimum atomic E-state index is -0.490. The van der Waals surface area contributed by atoms with Gasteiger partial charge in [-0.25, -0.2) is 4.79 Å². The van der Waals surface area contributed by atoms with Crippen LogP contribution in [0.4, 0.5) is 4.79 Å². The van der Waals surface area contributed by atoms with Crippen LogP contribution >= 0.6 is 15.9 Å². The molecule has 1 aromatic rings. The van der Waals surface area contributed by atoms with Gasteiger partial charge < -0.3 is 15.2 Å². The summed E-state index contributed by atoms with van der Waals surface area (Å²) in [7, 11) is 0. The molecule has 0 saturated carbocycles.